The van der Waals surface area contributed by atoms with Crippen molar-refractivity contribution in [3.05, 3.63) is 127 Å². The minimum atomic E-state index is 0.115. The number of hydrogen-bond donors (Lipinski definition) is 2. The van der Waals surface area contributed by atoms with Crippen LogP contribution < -0.4 is 16.0 Å². The van der Waals surface area contributed by atoms with Crippen LogP contribution in [-0.4, -0.2) is 28.5 Å². The Labute approximate surface area is 248 Å². The van der Waals surface area contributed by atoms with Gasteiger partial charge in [-0.25, -0.2) is 9.98 Å². The van der Waals surface area contributed by atoms with Crippen LogP contribution in [0.1, 0.15) is 37.0 Å². The molecular formula is C35H31IN4. The molecule has 8 bridgehead atoms. The molecular weight excluding hydrogens is 603 g/mol. The maximum Gasteiger partial charge on any atom is 0.0744 e. The second-order valence-corrected chi connectivity index (χ2v) is 13.0. The summed E-state index contributed by atoms with van der Waals surface area (Å²) in [5.41, 5.74) is 9.59. The maximum absolute atomic E-state index is 5.26. The van der Waals surface area contributed by atoms with E-state index < -0.39 is 0 Å². The van der Waals surface area contributed by atoms with Gasteiger partial charge in [0.05, 0.1) is 22.8 Å². The Morgan fingerprint density at radius 2 is 1.55 bits per heavy atom. The number of fused-ring (bicyclic) bond motifs is 6. The smallest absolute Gasteiger partial charge is 0.0744 e. The second kappa shape index (κ2) is 9.82. The van der Waals surface area contributed by atoms with Gasteiger partial charge >= 0.3 is 0 Å². The fraction of sp³-hybridized carbons (Fsp3) is 0.200. The largest absolute Gasteiger partial charge is 0.356 e. The van der Waals surface area contributed by atoms with E-state index in [0.29, 0.717) is 0 Å². The van der Waals surface area contributed by atoms with Gasteiger partial charge in [-0.05, 0) is 113 Å². The summed E-state index contributed by atoms with van der Waals surface area (Å²) in [5, 5.41) is 6.01. The van der Waals surface area contributed by atoms with Gasteiger partial charge in [0, 0.05) is 37.5 Å². The Hall–Kier alpha value is -3.55. The number of aromatic nitrogens is 1. The molecule has 7 rings (SSSR count). The molecule has 0 amide bonds. The highest BCUT2D eigenvalue weighted by molar-refractivity contribution is 14.1. The normalized spacial score (nSPS) is 22.8. The molecule has 4 nitrogen and oxygen atoms in total. The van der Waals surface area contributed by atoms with Crippen LogP contribution in [0.15, 0.2) is 106 Å². The number of rotatable bonds is 2. The molecule has 1 aromatic heterocycles. The van der Waals surface area contributed by atoms with Gasteiger partial charge in [-0.3, -0.25) is 0 Å². The fourth-order valence-electron chi connectivity index (χ4n) is 6.02. The van der Waals surface area contributed by atoms with E-state index in [0.717, 1.165) is 62.2 Å². The first-order chi connectivity index (χ1) is 19.3. The second-order valence-electron chi connectivity index (χ2n) is 11.7. The van der Waals surface area contributed by atoms with Crippen molar-refractivity contribution < 1.29 is 0 Å². The van der Waals surface area contributed by atoms with E-state index in [9.17, 15) is 0 Å². The Bertz CT molecular complexity index is 1820. The molecule has 4 aliphatic rings. The zero-order valence-electron chi connectivity index (χ0n) is 22.9. The van der Waals surface area contributed by atoms with Gasteiger partial charge in [-0.2, -0.15) is 0 Å². The van der Waals surface area contributed by atoms with E-state index in [-0.39, 0.29) is 17.5 Å². The highest BCUT2D eigenvalue weighted by atomic mass is 127. The molecule has 2 unspecified atom stereocenters. The Kier molecular flexibility index (Phi) is 6.24. The molecule has 0 radical (unpaired) electrons. The van der Waals surface area contributed by atoms with Crippen LogP contribution in [0.2, 0.25) is 0 Å². The molecule has 2 aromatic carbocycles. The lowest BCUT2D eigenvalue weighted by molar-refractivity contribution is 0.355. The van der Waals surface area contributed by atoms with Crippen molar-refractivity contribution >= 4 is 57.3 Å². The lowest BCUT2D eigenvalue weighted by atomic mass is 9.83. The number of halogens is 1. The van der Waals surface area contributed by atoms with E-state index in [1.165, 1.54) is 9.13 Å². The molecule has 2 atom stereocenters. The van der Waals surface area contributed by atoms with Crippen LogP contribution in [0.3, 0.4) is 0 Å². The highest BCUT2D eigenvalue weighted by Crippen LogP contribution is 2.37. The zero-order chi connectivity index (χ0) is 27.4. The van der Waals surface area contributed by atoms with Crippen LogP contribution in [-0.2, 0) is 0 Å². The predicted molar refractivity (Wildman–Crippen MR) is 175 cm³/mol. The summed E-state index contributed by atoms with van der Waals surface area (Å²) in [4.78, 5) is 14.0. The van der Waals surface area contributed by atoms with Crippen molar-refractivity contribution in [2.24, 2.45) is 15.4 Å². The number of nitrogens with one attached hydrogen (secondary N) is 2. The summed E-state index contributed by atoms with van der Waals surface area (Å²) < 4.78 is 1.21. The number of H-pyrrole nitrogens is 1. The molecule has 4 aliphatic heterocycles. The highest BCUT2D eigenvalue weighted by Gasteiger charge is 2.38. The molecule has 1 saturated heterocycles. The van der Waals surface area contributed by atoms with Crippen LogP contribution in [0.4, 0.5) is 0 Å². The van der Waals surface area contributed by atoms with E-state index in [1.807, 2.05) is 0 Å². The molecule has 2 N–H and O–H groups in total. The van der Waals surface area contributed by atoms with Gasteiger partial charge in [0.1, 0.15) is 0 Å². The standard InChI is InChI=1S/C35H31IN4/c1-21-4-6-23(7-5-21)34-30-15-14-27(38-30)18-33-35(2,3)20-28(39-33)16-25-12-13-26(37-25)17-31-29(19-32(34)40-31)22-8-10-24(36)11-9-22/h4-19,28,33,37,39H,20H2,1-3H3. The molecule has 1 fully saturated rings. The molecule has 198 valence electrons. The van der Waals surface area contributed by atoms with Crippen LogP contribution in [0, 0.1) is 15.9 Å². The van der Waals surface area contributed by atoms with Gasteiger partial charge in [-0.15, -0.1) is 0 Å². The molecule has 40 heavy (non-hydrogen) atoms. The summed E-state index contributed by atoms with van der Waals surface area (Å²) in [7, 11) is 0. The Morgan fingerprint density at radius 1 is 0.800 bits per heavy atom. The number of benzene rings is 2. The van der Waals surface area contributed by atoms with Crippen molar-refractivity contribution in [3.8, 4) is 0 Å². The third kappa shape index (κ3) is 4.82. The van der Waals surface area contributed by atoms with Crippen molar-refractivity contribution in [3.63, 3.8) is 0 Å². The van der Waals surface area contributed by atoms with Gasteiger partial charge in [0.2, 0.25) is 0 Å². The number of allylic oxidation sites excluding steroid dienone is 5. The zero-order valence-corrected chi connectivity index (χ0v) is 25.0. The summed E-state index contributed by atoms with van der Waals surface area (Å²) in [6.45, 7) is 6.80. The average molecular weight is 635 g/mol. The SMILES string of the molecule is Cc1ccc(C2=C3C=C(c4ccc(I)cc4)C(=N3)C=c3ccc([nH]3)=CC3CC(C)(C)C(C=C4C=CC2=N4)N3)cc1. The van der Waals surface area contributed by atoms with E-state index in [2.05, 4.69) is 151 Å². The lowest BCUT2D eigenvalue weighted by Gasteiger charge is -2.23. The molecule has 5 heteroatoms. The maximum atomic E-state index is 5.26. The van der Waals surface area contributed by atoms with Crippen molar-refractivity contribution in [1.29, 1.82) is 0 Å². The number of aliphatic imine (C=N–C) groups is 2. The summed E-state index contributed by atoms with van der Waals surface area (Å²) >= 11 is 2.36. The third-order valence-corrected chi connectivity index (χ3v) is 8.91. The molecule has 3 aromatic rings. The summed E-state index contributed by atoms with van der Waals surface area (Å²) in [6, 6.07) is 22.2. The minimum Gasteiger partial charge on any atom is -0.356 e. The Morgan fingerprint density at radius 3 is 2.35 bits per heavy atom. The number of nitrogens with zero attached hydrogens (tertiary/aromatic N) is 2. The average Bonchev–Trinajstić information content (AvgIpc) is 3.70. The minimum absolute atomic E-state index is 0.115. The summed E-state index contributed by atoms with van der Waals surface area (Å²) in [5.74, 6) is 0. The molecule has 0 aliphatic carbocycles. The van der Waals surface area contributed by atoms with Crippen LogP contribution >= 0.6 is 22.6 Å². The Balaban J connectivity index is 1.49. The van der Waals surface area contributed by atoms with Crippen molar-refractivity contribution in [2.75, 3.05) is 0 Å². The van der Waals surface area contributed by atoms with Gasteiger partial charge in [0.25, 0.3) is 0 Å². The number of aryl methyl sites for hydroxylation is 1. The number of hydrogen-bond acceptors (Lipinski definition) is 3. The van der Waals surface area contributed by atoms with Crippen molar-refractivity contribution in [1.82, 2.24) is 10.3 Å². The van der Waals surface area contributed by atoms with Crippen molar-refractivity contribution in [2.45, 2.75) is 39.3 Å². The quantitative estimate of drug-likeness (QED) is 0.329. The first kappa shape index (κ1) is 25.4. The predicted octanol–water partition coefficient (Wildman–Crippen LogP) is 6.10. The molecule has 5 heterocycles. The van der Waals surface area contributed by atoms with E-state index in [1.54, 1.807) is 0 Å². The fourth-order valence-corrected chi connectivity index (χ4v) is 6.38. The monoisotopic (exact) mass is 634 g/mol. The first-order valence-electron chi connectivity index (χ1n) is 13.8. The van der Waals surface area contributed by atoms with E-state index in [4.69, 9.17) is 9.98 Å². The third-order valence-electron chi connectivity index (χ3n) is 8.19. The topological polar surface area (TPSA) is 52.5 Å². The number of aromatic amines is 1. The molecule has 0 saturated carbocycles. The summed E-state index contributed by atoms with van der Waals surface area (Å²) in [6.07, 6.45) is 14.3. The first-order valence-corrected chi connectivity index (χ1v) is 14.9. The lowest BCUT2D eigenvalue weighted by Crippen LogP contribution is -2.33. The van der Waals surface area contributed by atoms with Crippen LogP contribution in [0.25, 0.3) is 23.3 Å². The van der Waals surface area contributed by atoms with Gasteiger partial charge in [-0.1, -0.05) is 55.8 Å². The van der Waals surface area contributed by atoms with Gasteiger partial charge in [0.15, 0.2) is 0 Å². The van der Waals surface area contributed by atoms with E-state index >= 15 is 0 Å². The van der Waals surface area contributed by atoms with Gasteiger partial charge < -0.3 is 10.3 Å². The van der Waals surface area contributed by atoms with Crippen LogP contribution in [0.5, 0.6) is 0 Å². The molecule has 0 spiro atoms.